The van der Waals surface area contributed by atoms with Gasteiger partial charge in [0.1, 0.15) is 18.0 Å². The molecule has 1 aromatic carbocycles. The molecular weight excluding hydrogens is 389 g/mol. The van der Waals surface area contributed by atoms with Gasteiger partial charge in [-0.15, -0.1) is 0 Å². The van der Waals surface area contributed by atoms with E-state index in [0.717, 1.165) is 30.9 Å². The number of rotatable bonds is 6. The lowest BCUT2D eigenvalue weighted by atomic mass is 9.78. The fourth-order valence-corrected chi connectivity index (χ4v) is 3.60. The molecule has 0 radical (unpaired) electrons. The van der Waals surface area contributed by atoms with E-state index in [1.807, 2.05) is 13.1 Å². The molecule has 5 nitrogen and oxygen atoms in total. The van der Waals surface area contributed by atoms with Gasteiger partial charge in [-0.05, 0) is 43.4 Å². The summed E-state index contributed by atoms with van der Waals surface area (Å²) in [6.07, 6.45) is 7.93. The molecule has 1 aliphatic heterocycles. The lowest BCUT2D eigenvalue weighted by Gasteiger charge is -2.40. The number of halogens is 1. The summed E-state index contributed by atoms with van der Waals surface area (Å²) in [5.74, 6) is 1.01. The van der Waals surface area contributed by atoms with Gasteiger partial charge in [-0.1, -0.05) is 45.0 Å². The largest absolute Gasteiger partial charge is 0.381 e. The molecule has 3 rings (SSSR count). The topological polar surface area (TPSA) is 53.4 Å². The van der Waals surface area contributed by atoms with E-state index in [1.54, 1.807) is 30.7 Å². The molecule has 1 atom stereocenters. The first kappa shape index (κ1) is 24.5. The quantitative estimate of drug-likeness (QED) is 0.512. The summed E-state index contributed by atoms with van der Waals surface area (Å²) in [5.41, 5.74) is 2.17. The monoisotopic (exact) mass is 425 g/mol. The summed E-state index contributed by atoms with van der Waals surface area (Å²) in [4.78, 5) is 15.2. The Kier molecular flexibility index (Phi) is 9.63. The van der Waals surface area contributed by atoms with Crippen LogP contribution in [0.15, 0.2) is 60.5 Å². The number of nitrogens with one attached hydrogen (secondary N) is 1. The fraction of sp³-hybridized carbons (Fsp3) is 0.480. The molecule has 0 spiro atoms. The van der Waals surface area contributed by atoms with Crippen molar-refractivity contribution in [3.63, 3.8) is 0 Å². The van der Waals surface area contributed by atoms with E-state index in [9.17, 15) is 4.39 Å². The molecule has 0 bridgehead atoms. The zero-order chi connectivity index (χ0) is 22.7. The Hall–Kier alpha value is -2.76. The van der Waals surface area contributed by atoms with Gasteiger partial charge < -0.3 is 10.2 Å². The number of benzene rings is 1. The van der Waals surface area contributed by atoms with Crippen LogP contribution in [0.5, 0.6) is 0 Å². The molecule has 168 valence electrons. The SMILES string of the molecule is C=C(NC(C)CC(=NC)N1CCC(C)(CC)CC1)c1ccncn1.Fc1ccccc1. The van der Waals surface area contributed by atoms with Crippen molar-refractivity contribution in [2.45, 2.75) is 52.5 Å². The van der Waals surface area contributed by atoms with E-state index in [0.29, 0.717) is 5.41 Å². The third-order valence-corrected chi connectivity index (χ3v) is 5.98. The molecule has 2 aromatic rings. The first-order valence-electron chi connectivity index (χ1n) is 11.0. The average molecular weight is 426 g/mol. The van der Waals surface area contributed by atoms with Gasteiger partial charge in [0.25, 0.3) is 0 Å². The zero-order valence-electron chi connectivity index (χ0n) is 19.3. The van der Waals surface area contributed by atoms with Gasteiger partial charge in [-0.25, -0.2) is 14.4 Å². The molecule has 31 heavy (non-hydrogen) atoms. The van der Waals surface area contributed by atoms with Crippen molar-refractivity contribution in [1.82, 2.24) is 20.2 Å². The molecule has 1 unspecified atom stereocenters. The number of aromatic nitrogens is 2. The number of hydrogen-bond acceptors (Lipinski definition) is 4. The molecule has 0 saturated carbocycles. The number of aliphatic imine (C=N–C) groups is 1. The van der Waals surface area contributed by atoms with Crippen molar-refractivity contribution in [1.29, 1.82) is 0 Å². The maximum Gasteiger partial charge on any atom is 0.123 e. The van der Waals surface area contributed by atoms with Gasteiger partial charge in [-0.2, -0.15) is 0 Å². The minimum Gasteiger partial charge on any atom is -0.381 e. The summed E-state index contributed by atoms with van der Waals surface area (Å²) in [6, 6.07) is 10.1. The Morgan fingerprint density at radius 1 is 1.26 bits per heavy atom. The second-order valence-corrected chi connectivity index (χ2v) is 8.41. The molecule has 1 saturated heterocycles. The highest BCUT2D eigenvalue weighted by atomic mass is 19.1. The fourth-order valence-electron chi connectivity index (χ4n) is 3.60. The normalized spacial score (nSPS) is 16.7. The molecule has 0 amide bonds. The highest BCUT2D eigenvalue weighted by Crippen LogP contribution is 2.34. The minimum atomic E-state index is -0.178. The molecule has 1 aliphatic rings. The van der Waals surface area contributed by atoms with Crippen LogP contribution < -0.4 is 5.32 Å². The average Bonchev–Trinajstić information content (AvgIpc) is 2.79. The molecule has 1 fully saturated rings. The number of piperidine rings is 1. The summed E-state index contributed by atoms with van der Waals surface area (Å²) >= 11 is 0. The second-order valence-electron chi connectivity index (χ2n) is 8.41. The van der Waals surface area contributed by atoms with Crippen LogP contribution in [-0.2, 0) is 0 Å². The van der Waals surface area contributed by atoms with Gasteiger partial charge >= 0.3 is 0 Å². The van der Waals surface area contributed by atoms with Crippen molar-refractivity contribution in [3.8, 4) is 0 Å². The highest BCUT2D eigenvalue weighted by molar-refractivity contribution is 5.83. The van der Waals surface area contributed by atoms with E-state index in [1.165, 1.54) is 37.2 Å². The van der Waals surface area contributed by atoms with Crippen LogP contribution in [0.3, 0.4) is 0 Å². The van der Waals surface area contributed by atoms with Gasteiger partial charge in [-0.3, -0.25) is 4.99 Å². The minimum absolute atomic E-state index is 0.178. The molecule has 0 aliphatic carbocycles. The first-order chi connectivity index (χ1) is 14.9. The summed E-state index contributed by atoms with van der Waals surface area (Å²) in [7, 11) is 1.90. The van der Waals surface area contributed by atoms with Gasteiger partial charge in [0.2, 0.25) is 0 Å². The van der Waals surface area contributed by atoms with Gasteiger partial charge in [0, 0.05) is 38.8 Å². The summed E-state index contributed by atoms with van der Waals surface area (Å²) < 4.78 is 11.9. The number of amidine groups is 1. The molecular formula is C25H36FN5. The van der Waals surface area contributed by atoms with Crippen LogP contribution >= 0.6 is 0 Å². The zero-order valence-corrected chi connectivity index (χ0v) is 19.3. The van der Waals surface area contributed by atoms with Gasteiger partial charge in [0.15, 0.2) is 0 Å². The smallest absolute Gasteiger partial charge is 0.123 e. The lowest BCUT2D eigenvalue weighted by Crippen LogP contribution is -2.44. The first-order valence-corrected chi connectivity index (χ1v) is 11.0. The van der Waals surface area contributed by atoms with Crippen molar-refractivity contribution in [3.05, 3.63) is 67.0 Å². The van der Waals surface area contributed by atoms with Crippen LogP contribution in [0.25, 0.3) is 5.70 Å². The van der Waals surface area contributed by atoms with Crippen molar-refractivity contribution < 1.29 is 4.39 Å². The van der Waals surface area contributed by atoms with E-state index in [-0.39, 0.29) is 11.9 Å². The Morgan fingerprint density at radius 3 is 2.42 bits per heavy atom. The predicted octanol–water partition coefficient (Wildman–Crippen LogP) is 5.18. The maximum absolute atomic E-state index is 11.9. The van der Waals surface area contributed by atoms with Crippen LogP contribution in [0.2, 0.25) is 0 Å². The Bertz CT molecular complexity index is 814. The number of nitrogens with zero attached hydrogens (tertiary/aromatic N) is 4. The lowest BCUT2D eigenvalue weighted by molar-refractivity contribution is 0.160. The Morgan fingerprint density at radius 2 is 1.94 bits per heavy atom. The Balaban J connectivity index is 0.000000412. The van der Waals surface area contributed by atoms with Crippen molar-refractivity contribution >= 4 is 11.5 Å². The number of likely N-dealkylation sites (tertiary alicyclic amines) is 1. The van der Waals surface area contributed by atoms with Crippen molar-refractivity contribution in [2.24, 2.45) is 10.4 Å². The third-order valence-electron chi connectivity index (χ3n) is 5.98. The van der Waals surface area contributed by atoms with Crippen LogP contribution in [-0.4, -0.2) is 46.9 Å². The van der Waals surface area contributed by atoms with Crippen molar-refractivity contribution in [2.75, 3.05) is 20.1 Å². The van der Waals surface area contributed by atoms with E-state index in [2.05, 4.69) is 52.5 Å². The van der Waals surface area contributed by atoms with Crippen LogP contribution in [0.4, 0.5) is 4.39 Å². The predicted molar refractivity (Wildman–Crippen MR) is 127 cm³/mol. The standard InChI is InChI=1S/C19H31N5.C6H5F/c1-6-19(4)8-11-24(12-9-19)18(20-5)13-15(2)23-16(3)17-7-10-21-14-22-17;7-6-4-2-1-3-5-6/h7,10,14-15,23H,3,6,8-9,11-13H2,1-2,4-5H3;1-5H. The van der Waals surface area contributed by atoms with Crippen LogP contribution in [0, 0.1) is 11.2 Å². The van der Waals surface area contributed by atoms with E-state index < -0.39 is 0 Å². The third kappa shape index (κ3) is 8.12. The Labute approximate surface area is 186 Å². The number of hydrogen-bond donors (Lipinski definition) is 1. The molecule has 1 aromatic heterocycles. The van der Waals surface area contributed by atoms with Gasteiger partial charge in [0.05, 0.1) is 11.4 Å². The molecule has 2 heterocycles. The molecule has 1 N–H and O–H groups in total. The second kappa shape index (κ2) is 12.2. The maximum atomic E-state index is 11.9. The van der Waals surface area contributed by atoms with Crippen LogP contribution in [0.1, 0.15) is 52.1 Å². The molecule has 6 heteroatoms. The summed E-state index contributed by atoms with van der Waals surface area (Å²) in [5, 5.41) is 3.44. The highest BCUT2D eigenvalue weighted by Gasteiger charge is 2.29. The summed E-state index contributed by atoms with van der Waals surface area (Å²) in [6.45, 7) is 13.2. The van der Waals surface area contributed by atoms with E-state index in [4.69, 9.17) is 0 Å². The van der Waals surface area contributed by atoms with E-state index >= 15 is 0 Å².